The molecule has 3 N–H and O–H groups in total. The topological polar surface area (TPSA) is 94.0 Å². The average molecular weight is 298 g/mol. The fourth-order valence-electron chi connectivity index (χ4n) is 1.60. The normalized spacial score (nSPS) is 10.6. The van der Waals surface area contributed by atoms with Crippen LogP contribution in [0, 0.1) is 0 Å². The molecule has 2 aromatic heterocycles. The molecule has 0 aliphatic rings. The number of hydrogen-bond donors (Lipinski definition) is 2. The first-order chi connectivity index (χ1) is 9.13. The van der Waals surface area contributed by atoms with E-state index in [1.165, 1.54) is 36.3 Å². The molecular formula is C11H14N4O2S2. The van der Waals surface area contributed by atoms with Gasteiger partial charge in [0.2, 0.25) is 5.89 Å². The Bertz CT molecular complexity index is 566. The summed E-state index contributed by atoms with van der Waals surface area (Å²) in [4.78, 5) is 16.9. The Morgan fingerprint density at radius 3 is 3.00 bits per heavy atom. The van der Waals surface area contributed by atoms with E-state index in [1.54, 1.807) is 0 Å². The molecule has 0 fully saturated rings. The Kier molecular flexibility index (Phi) is 4.43. The van der Waals surface area contributed by atoms with Crippen LogP contribution in [0.3, 0.4) is 0 Å². The number of nitrogens with one attached hydrogen (secondary N) is 1. The van der Waals surface area contributed by atoms with Gasteiger partial charge in [0.1, 0.15) is 5.00 Å². The van der Waals surface area contributed by atoms with Gasteiger partial charge in [0.25, 0.3) is 0 Å². The summed E-state index contributed by atoms with van der Waals surface area (Å²) in [6.07, 6.45) is 3.94. The number of thioether (sulfide) groups is 1. The lowest BCUT2D eigenvalue weighted by Crippen LogP contribution is -2.04. The number of carbonyl (C=O) groups is 1. The highest BCUT2D eigenvalue weighted by atomic mass is 32.2. The van der Waals surface area contributed by atoms with E-state index in [-0.39, 0.29) is 5.78 Å². The summed E-state index contributed by atoms with van der Waals surface area (Å²) < 4.78 is 4.91. The number of rotatable bonds is 6. The summed E-state index contributed by atoms with van der Waals surface area (Å²) in [6, 6.07) is 0. The van der Waals surface area contributed by atoms with Crippen LogP contribution in [0.4, 0.5) is 10.7 Å². The van der Waals surface area contributed by atoms with Crippen LogP contribution in [0.1, 0.15) is 22.5 Å². The van der Waals surface area contributed by atoms with Gasteiger partial charge in [-0.25, -0.2) is 0 Å². The van der Waals surface area contributed by atoms with Gasteiger partial charge < -0.3 is 15.6 Å². The second kappa shape index (κ2) is 6.07. The largest absolute Gasteiger partial charge is 0.396 e. The Morgan fingerprint density at radius 2 is 2.42 bits per heavy atom. The standard InChI is InChI=1S/C11H14N4O2S2/c1-6(16)9-8(12)10(18-2)11(19-9)13-4-3-7-14-5-15-17-7/h5,13H,3-4,12H2,1-2H3. The Morgan fingerprint density at radius 1 is 1.63 bits per heavy atom. The third kappa shape index (κ3) is 3.07. The van der Waals surface area contributed by atoms with E-state index < -0.39 is 0 Å². The van der Waals surface area contributed by atoms with E-state index in [9.17, 15) is 4.79 Å². The van der Waals surface area contributed by atoms with Gasteiger partial charge in [-0.05, 0) is 6.26 Å². The molecule has 0 unspecified atom stereocenters. The van der Waals surface area contributed by atoms with Crippen molar-refractivity contribution in [3.05, 3.63) is 17.1 Å². The molecule has 0 aliphatic carbocycles. The lowest BCUT2D eigenvalue weighted by molar-refractivity contribution is 0.102. The molecule has 6 nitrogen and oxygen atoms in total. The summed E-state index contributed by atoms with van der Waals surface area (Å²) in [5, 5.41) is 7.71. The highest BCUT2D eigenvalue weighted by molar-refractivity contribution is 7.99. The molecule has 0 amide bonds. The quantitative estimate of drug-likeness (QED) is 0.624. The number of nitrogens with zero attached hydrogens (tertiary/aromatic N) is 2. The van der Waals surface area contributed by atoms with E-state index in [0.717, 1.165) is 9.90 Å². The van der Waals surface area contributed by atoms with Gasteiger partial charge in [-0.2, -0.15) is 4.98 Å². The van der Waals surface area contributed by atoms with Crippen LogP contribution in [0.5, 0.6) is 0 Å². The summed E-state index contributed by atoms with van der Waals surface area (Å²) >= 11 is 2.91. The first kappa shape index (κ1) is 13.9. The summed E-state index contributed by atoms with van der Waals surface area (Å²) in [6.45, 7) is 2.17. The van der Waals surface area contributed by atoms with Gasteiger partial charge in [-0.1, -0.05) is 5.16 Å². The van der Waals surface area contributed by atoms with Crippen molar-refractivity contribution in [2.45, 2.75) is 18.2 Å². The maximum absolute atomic E-state index is 11.5. The second-order valence-electron chi connectivity index (χ2n) is 3.78. The molecule has 2 aromatic rings. The molecule has 2 heterocycles. The molecule has 19 heavy (non-hydrogen) atoms. The van der Waals surface area contributed by atoms with Crippen LogP contribution in [-0.4, -0.2) is 28.7 Å². The maximum Gasteiger partial charge on any atom is 0.228 e. The van der Waals surface area contributed by atoms with Gasteiger partial charge in [-0.3, -0.25) is 4.79 Å². The van der Waals surface area contributed by atoms with Gasteiger partial charge in [0, 0.05) is 19.9 Å². The van der Waals surface area contributed by atoms with Crippen molar-refractivity contribution in [1.29, 1.82) is 0 Å². The van der Waals surface area contributed by atoms with E-state index in [0.29, 0.717) is 29.4 Å². The summed E-state index contributed by atoms with van der Waals surface area (Å²) in [5.74, 6) is 0.567. The fourth-order valence-corrected chi connectivity index (χ4v) is 3.55. The predicted molar refractivity (Wildman–Crippen MR) is 77.0 cm³/mol. The van der Waals surface area contributed by atoms with E-state index in [2.05, 4.69) is 15.5 Å². The van der Waals surface area contributed by atoms with Crippen molar-refractivity contribution in [3.63, 3.8) is 0 Å². The SMILES string of the molecule is CSc1c(NCCc2ncno2)sc(C(C)=O)c1N. The highest BCUT2D eigenvalue weighted by Crippen LogP contribution is 2.41. The summed E-state index contributed by atoms with van der Waals surface area (Å²) in [7, 11) is 0. The zero-order chi connectivity index (χ0) is 13.8. The van der Waals surface area contributed by atoms with Crippen LogP contribution < -0.4 is 11.1 Å². The molecule has 2 rings (SSSR count). The van der Waals surface area contributed by atoms with Crippen LogP contribution in [-0.2, 0) is 6.42 Å². The summed E-state index contributed by atoms with van der Waals surface area (Å²) in [5.41, 5.74) is 6.53. The maximum atomic E-state index is 11.5. The molecule has 0 atom stereocenters. The number of anilines is 2. The number of hydrogen-bond acceptors (Lipinski definition) is 8. The van der Waals surface area contributed by atoms with Gasteiger partial charge in [0.05, 0.1) is 15.5 Å². The second-order valence-corrected chi connectivity index (χ2v) is 5.61. The van der Waals surface area contributed by atoms with Crippen LogP contribution in [0.25, 0.3) is 0 Å². The Labute approximate surface area is 118 Å². The lowest BCUT2D eigenvalue weighted by Gasteiger charge is -2.04. The zero-order valence-electron chi connectivity index (χ0n) is 10.6. The molecule has 0 spiro atoms. The zero-order valence-corrected chi connectivity index (χ0v) is 12.2. The van der Waals surface area contributed by atoms with E-state index in [4.69, 9.17) is 10.3 Å². The molecule has 0 aliphatic heterocycles. The van der Waals surface area contributed by atoms with E-state index in [1.807, 2.05) is 6.26 Å². The molecule has 8 heteroatoms. The number of Topliss-reactive ketones (excluding diaryl/α,β-unsaturated/α-hetero) is 1. The molecule has 0 bridgehead atoms. The fraction of sp³-hybridized carbons (Fsp3) is 0.364. The van der Waals surface area contributed by atoms with Crippen molar-refractivity contribution in [3.8, 4) is 0 Å². The number of aromatic nitrogens is 2. The van der Waals surface area contributed by atoms with Gasteiger partial charge >= 0.3 is 0 Å². The molecule has 0 saturated heterocycles. The molecule has 0 radical (unpaired) electrons. The third-order valence-electron chi connectivity index (χ3n) is 2.45. The van der Waals surface area contributed by atoms with Gasteiger partial charge in [-0.15, -0.1) is 23.1 Å². The minimum Gasteiger partial charge on any atom is -0.396 e. The Balaban J connectivity index is 2.07. The van der Waals surface area contributed by atoms with Crippen LogP contribution in [0.15, 0.2) is 15.7 Å². The Hall–Kier alpha value is -1.54. The first-order valence-electron chi connectivity index (χ1n) is 5.60. The van der Waals surface area contributed by atoms with Gasteiger partial charge in [0.15, 0.2) is 12.1 Å². The van der Waals surface area contributed by atoms with Crippen molar-refractivity contribution in [2.24, 2.45) is 0 Å². The van der Waals surface area contributed by atoms with Crippen molar-refractivity contribution in [2.75, 3.05) is 23.9 Å². The molecular weight excluding hydrogens is 284 g/mol. The first-order valence-corrected chi connectivity index (χ1v) is 7.64. The van der Waals surface area contributed by atoms with Crippen LogP contribution >= 0.6 is 23.1 Å². The molecule has 102 valence electrons. The van der Waals surface area contributed by atoms with Crippen molar-refractivity contribution >= 4 is 39.6 Å². The number of thiophene rings is 1. The molecule has 0 saturated carbocycles. The highest BCUT2D eigenvalue weighted by Gasteiger charge is 2.17. The van der Waals surface area contributed by atoms with Crippen molar-refractivity contribution < 1.29 is 9.32 Å². The lowest BCUT2D eigenvalue weighted by atomic mass is 10.3. The monoisotopic (exact) mass is 298 g/mol. The third-order valence-corrected chi connectivity index (χ3v) is 4.68. The number of carbonyl (C=O) groups excluding carboxylic acids is 1. The number of nitrogens with two attached hydrogens (primary N) is 1. The van der Waals surface area contributed by atoms with Crippen LogP contribution in [0.2, 0.25) is 0 Å². The van der Waals surface area contributed by atoms with Crippen molar-refractivity contribution in [1.82, 2.24) is 10.1 Å². The average Bonchev–Trinajstić information content (AvgIpc) is 2.97. The van der Waals surface area contributed by atoms with E-state index >= 15 is 0 Å². The number of nitrogen functional groups attached to an aromatic ring is 1. The molecule has 0 aromatic carbocycles. The minimum atomic E-state index is -0.0113. The smallest absolute Gasteiger partial charge is 0.228 e. The number of ketones is 1. The minimum absolute atomic E-state index is 0.0113. The predicted octanol–water partition coefficient (Wildman–Crippen LogP) is 2.29.